The van der Waals surface area contributed by atoms with Crippen molar-refractivity contribution in [2.45, 2.75) is 24.2 Å². The molecule has 4 rings (SSSR count). The van der Waals surface area contributed by atoms with Crippen molar-refractivity contribution < 1.29 is 14.5 Å². The summed E-state index contributed by atoms with van der Waals surface area (Å²) in [5.74, 6) is 0.145. The van der Waals surface area contributed by atoms with Crippen LogP contribution >= 0.6 is 58.8 Å². The SMILES string of the molecule is CC1SC(c2ccccc2[N+](=O)[O-])N(n2c(COc3c(Cl)cc(Cl)cc3Cl)n[nH]c2=S)C1=O. The number of hydrogen-bond acceptors (Lipinski definition) is 7. The van der Waals surface area contributed by atoms with Gasteiger partial charge in [-0.05, 0) is 37.3 Å². The number of benzene rings is 2. The summed E-state index contributed by atoms with van der Waals surface area (Å²) in [6, 6.07) is 9.21. The van der Waals surface area contributed by atoms with Crippen LogP contribution in [0, 0.1) is 14.9 Å². The molecule has 2 atom stereocenters. The second-order valence-corrected chi connectivity index (χ2v) is 9.94. The minimum Gasteiger partial charge on any atom is -0.482 e. The Morgan fingerprint density at radius 3 is 2.61 bits per heavy atom. The molecule has 172 valence electrons. The molecule has 1 aromatic heterocycles. The standard InChI is InChI=1S/C19H14Cl3N5O4S2/c1-9-17(28)26(18(33-9)11-4-2-3-5-14(11)27(29)30)25-15(23-24-19(25)32)8-31-16-12(21)6-10(20)7-13(16)22/h2-7,9,18H,8H2,1H3,(H,24,32). The maximum atomic E-state index is 13.1. The number of para-hydroxylation sites is 1. The number of amides is 1. The number of nitro benzene ring substituents is 1. The van der Waals surface area contributed by atoms with Crippen molar-refractivity contribution in [1.29, 1.82) is 0 Å². The van der Waals surface area contributed by atoms with E-state index in [1.165, 1.54) is 39.6 Å². The average molecular weight is 547 g/mol. The molecular formula is C19H14Cl3N5O4S2. The molecule has 14 heteroatoms. The molecule has 33 heavy (non-hydrogen) atoms. The summed E-state index contributed by atoms with van der Waals surface area (Å²) in [5, 5.41) is 19.3. The molecule has 9 nitrogen and oxygen atoms in total. The van der Waals surface area contributed by atoms with E-state index in [9.17, 15) is 14.9 Å². The van der Waals surface area contributed by atoms with E-state index in [2.05, 4.69) is 10.2 Å². The van der Waals surface area contributed by atoms with E-state index in [-0.39, 0.29) is 44.6 Å². The predicted molar refractivity (Wildman–Crippen MR) is 129 cm³/mol. The van der Waals surface area contributed by atoms with Gasteiger partial charge in [0.15, 0.2) is 11.6 Å². The quantitative estimate of drug-likeness (QED) is 0.241. The number of aromatic amines is 1. The van der Waals surface area contributed by atoms with Gasteiger partial charge in [-0.15, -0.1) is 11.8 Å². The number of nitrogens with one attached hydrogen (secondary N) is 1. The zero-order valence-corrected chi connectivity index (χ0v) is 20.6. The van der Waals surface area contributed by atoms with Crippen LogP contribution in [0.1, 0.15) is 23.7 Å². The lowest BCUT2D eigenvalue weighted by atomic mass is 10.1. The highest BCUT2D eigenvalue weighted by Crippen LogP contribution is 2.45. The molecule has 1 saturated heterocycles. The van der Waals surface area contributed by atoms with E-state index < -0.39 is 15.5 Å². The van der Waals surface area contributed by atoms with Gasteiger partial charge >= 0.3 is 0 Å². The molecule has 1 aliphatic heterocycles. The molecule has 0 radical (unpaired) electrons. The van der Waals surface area contributed by atoms with Gasteiger partial charge in [0.1, 0.15) is 12.0 Å². The number of carbonyl (C=O) groups is 1. The third-order valence-electron chi connectivity index (χ3n) is 4.77. The largest absolute Gasteiger partial charge is 0.482 e. The van der Waals surface area contributed by atoms with E-state index in [0.29, 0.717) is 10.6 Å². The summed E-state index contributed by atoms with van der Waals surface area (Å²) in [5.41, 5.74) is 0.262. The molecule has 1 N–H and O–H groups in total. The maximum Gasteiger partial charge on any atom is 0.275 e. The molecule has 2 aromatic carbocycles. The third kappa shape index (κ3) is 4.56. The number of halogens is 3. The molecule has 3 aromatic rings. The topological polar surface area (TPSA) is 106 Å². The summed E-state index contributed by atoms with van der Waals surface area (Å²) in [4.78, 5) is 24.2. The maximum absolute atomic E-state index is 13.1. The van der Waals surface area contributed by atoms with Crippen molar-refractivity contribution in [1.82, 2.24) is 14.9 Å². The van der Waals surface area contributed by atoms with Crippen LogP contribution in [0.15, 0.2) is 36.4 Å². The minimum absolute atomic E-state index is 0.102. The van der Waals surface area contributed by atoms with Crippen molar-refractivity contribution >= 4 is 70.4 Å². The van der Waals surface area contributed by atoms with Crippen molar-refractivity contribution in [3.63, 3.8) is 0 Å². The van der Waals surface area contributed by atoms with Gasteiger partial charge in [0.25, 0.3) is 11.6 Å². The van der Waals surface area contributed by atoms with E-state index in [4.69, 9.17) is 51.8 Å². The summed E-state index contributed by atoms with van der Waals surface area (Å²) in [6.45, 7) is 1.57. The van der Waals surface area contributed by atoms with Crippen molar-refractivity contribution in [3.8, 4) is 5.75 Å². The molecular weight excluding hydrogens is 533 g/mol. The van der Waals surface area contributed by atoms with Crippen LogP contribution < -0.4 is 9.75 Å². The van der Waals surface area contributed by atoms with Gasteiger partial charge in [0.05, 0.1) is 25.8 Å². The van der Waals surface area contributed by atoms with Crippen LogP contribution in [-0.4, -0.2) is 31.0 Å². The third-order valence-corrected chi connectivity index (χ3v) is 7.14. The Kier molecular flexibility index (Phi) is 6.87. The van der Waals surface area contributed by atoms with Gasteiger partial charge in [-0.25, -0.2) is 9.69 Å². The Morgan fingerprint density at radius 1 is 1.27 bits per heavy atom. The number of rotatable bonds is 6. The van der Waals surface area contributed by atoms with Gasteiger partial charge < -0.3 is 4.74 Å². The number of H-pyrrole nitrogens is 1. The van der Waals surface area contributed by atoms with Crippen molar-refractivity contribution in [2.24, 2.45) is 0 Å². The zero-order valence-electron chi connectivity index (χ0n) is 16.7. The lowest BCUT2D eigenvalue weighted by Gasteiger charge is -2.25. The van der Waals surface area contributed by atoms with E-state index in [1.807, 2.05) is 0 Å². The number of hydrogen-bond donors (Lipinski definition) is 1. The molecule has 2 unspecified atom stereocenters. The monoisotopic (exact) mass is 545 g/mol. The molecule has 1 fully saturated rings. The first-order valence-electron chi connectivity index (χ1n) is 9.34. The highest BCUT2D eigenvalue weighted by Gasteiger charge is 2.43. The highest BCUT2D eigenvalue weighted by atomic mass is 35.5. The van der Waals surface area contributed by atoms with Crippen molar-refractivity contribution in [3.05, 3.63) is 77.7 Å². The van der Waals surface area contributed by atoms with Gasteiger partial charge in [0.2, 0.25) is 4.77 Å². The predicted octanol–water partition coefficient (Wildman–Crippen LogP) is 5.69. The summed E-state index contributed by atoms with van der Waals surface area (Å²) in [6.07, 6.45) is 0. The van der Waals surface area contributed by atoms with Crippen LogP contribution in [0.2, 0.25) is 15.1 Å². The van der Waals surface area contributed by atoms with Crippen LogP contribution in [-0.2, 0) is 11.4 Å². The fourth-order valence-corrected chi connectivity index (χ4v) is 5.76. The number of aromatic nitrogens is 3. The van der Waals surface area contributed by atoms with Crippen LogP contribution in [0.5, 0.6) is 5.75 Å². The molecule has 0 aliphatic carbocycles. The normalized spacial score (nSPS) is 18.1. The molecule has 1 amide bonds. The molecule has 0 bridgehead atoms. The van der Waals surface area contributed by atoms with Crippen LogP contribution in [0.4, 0.5) is 5.69 Å². The Labute approximate surface area is 211 Å². The molecule has 0 spiro atoms. The first-order chi connectivity index (χ1) is 15.7. The second-order valence-electron chi connectivity index (χ2n) is 6.87. The molecule has 1 aliphatic rings. The van der Waals surface area contributed by atoms with Gasteiger partial charge in [-0.1, -0.05) is 46.9 Å². The second kappa shape index (κ2) is 9.51. The van der Waals surface area contributed by atoms with Gasteiger partial charge in [-0.2, -0.15) is 5.10 Å². The number of carbonyl (C=O) groups excluding carboxylic acids is 1. The number of thioether (sulfide) groups is 1. The number of nitrogens with zero attached hydrogens (tertiary/aromatic N) is 4. The van der Waals surface area contributed by atoms with Gasteiger partial charge in [-0.3, -0.25) is 20.0 Å². The Hall–Kier alpha value is -2.31. The summed E-state index contributed by atoms with van der Waals surface area (Å²) >= 11 is 24.9. The summed E-state index contributed by atoms with van der Waals surface area (Å²) in [7, 11) is 0. The average Bonchev–Trinajstić information content (AvgIpc) is 3.25. The Morgan fingerprint density at radius 2 is 1.94 bits per heavy atom. The zero-order chi connectivity index (χ0) is 23.9. The summed E-state index contributed by atoms with van der Waals surface area (Å²) < 4.78 is 7.26. The smallest absolute Gasteiger partial charge is 0.275 e. The highest BCUT2D eigenvalue weighted by molar-refractivity contribution is 8.01. The fourth-order valence-electron chi connectivity index (χ4n) is 3.33. The van der Waals surface area contributed by atoms with Gasteiger partial charge in [0, 0.05) is 11.1 Å². The first kappa shape index (κ1) is 23.8. The number of nitro groups is 1. The Bertz CT molecular complexity index is 1290. The Balaban J connectivity index is 1.73. The van der Waals surface area contributed by atoms with E-state index in [0.717, 1.165) is 0 Å². The molecule has 0 saturated carbocycles. The minimum atomic E-state index is -0.708. The number of ether oxygens (including phenoxy) is 1. The first-order valence-corrected chi connectivity index (χ1v) is 11.8. The van der Waals surface area contributed by atoms with Crippen LogP contribution in [0.25, 0.3) is 0 Å². The van der Waals surface area contributed by atoms with E-state index in [1.54, 1.807) is 25.1 Å². The fraction of sp³-hybridized carbons (Fsp3) is 0.211. The van der Waals surface area contributed by atoms with E-state index >= 15 is 0 Å². The lowest BCUT2D eigenvalue weighted by Crippen LogP contribution is -2.41. The van der Waals surface area contributed by atoms with Crippen molar-refractivity contribution in [2.75, 3.05) is 5.01 Å². The van der Waals surface area contributed by atoms with Crippen LogP contribution in [0.3, 0.4) is 0 Å². The lowest BCUT2D eigenvalue weighted by molar-refractivity contribution is -0.385. The molecule has 2 heterocycles.